The van der Waals surface area contributed by atoms with Gasteiger partial charge in [-0.3, -0.25) is 0 Å². The number of nitrogens with zero attached hydrogens (tertiary/aromatic N) is 2. The first-order chi connectivity index (χ1) is 12.9. The third-order valence-electron chi connectivity index (χ3n) is 5.78. The van der Waals surface area contributed by atoms with Crippen molar-refractivity contribution in [2.45, 2.75) is 69.7 Å². The van der Waals surface area contributed by atoms with Crippen LogP contribution in [-0.4, -0.2) is 63.2 Å². The van der Waals surface area contributed by atoms with Gasteiger partial charge in [0.05, 0.1) is 4.90 Å². The Balaban J connectivity index is 1.75. The molecule has 1 atom stereocenters. The lowest BCUT2D eigenvalue weighted by molar-refractivity contribution is 0.206. The molecule has 0 saturated carbocycles. The Bertz CT molecular complexity index is 635. The van der Waals surface area contributed by atoms with Crippen molar-refractivity contribution in [3.63, 3.8) is 0 Å². The standard InChI is InChI=1S/C22H38N2O2S/c1-4-24(18-10-9-17-23-15-7-5-6-8-16-23)20(2)19-21-11-13-22(14-12-21)27(3,25)26/h11-14,20H,4-10,15-19H2,1-3H3. The van der Waals surface area contributed by atoms with Gasteiger partial charge in [-0.15, -0.1) is 0 Å². The summed E-state index contributed by atoms with van der Waals surface area (Å²) in [6.45, 7) is 10.5. The second-order valence-corrected chi connectivity index (χ2v) is 10.1. The summed E-state index contributed by atoms with van der Waals surface area (Å²) in [5, 5.41) is 0. The van der Waals surface area contributed by atoms with Crippen LogP contribution >= 0.6 is 0 Å². The first-order valence-electron chi connectivity index (χ1n) is 10.7. The lowest BCUT2D eigenvalue weighted by atomic mass is 10.1. The van der Waals surface area contributed by atoms with Crippen LogP contribution in [0.3, 0.4) is 0 Å². The van der Waals surface area contributed by atoms with Gasteiger partial charge in [0.25, 0.3) is 0 Å². The van der Waals surface area contributed by atoms with Crippen molar-refractivity contribution >= 4 is 9.84 Å². The predicted molar refractivity (Wildman–Crippen MR) is 114 cm³/mol. The first-order valence-corrected chi connectivity index (χ1v) is 12.5. The van der Waals surface area contributed by atoms with E-state index in [0.717, 1.165) is 19.5 Å². The molecule has 0 amide bonds. The third kappa shape index (κ3) is 7.92. The largest absolute Gasteiger partial charge is 0.303 e. The highest BCUT2D eigenvalue weighted by Crippen LogP contribution is 2.15. The summed E-state index contributed by atoms with van der Waals surface area (Å²) in [4.78, 5) is 5.60. The summed E-state index contributed by atoms with van der Waals surface area (Å²) in [7, 11) is -3.11. The molecule has 4 nitrogen and oxygen atoms in total. The number of benzene rings is 1. The van der Waals surface area contributed by atoms with E-state index in [-0.39, 0.29) is 0 Å². The molecule has 1 aliphatic rings. The van der Waals surface area contributed by atoms with Crippen LogP contribution in [0.5, 0.6) is 0 Å². The molecule has 0 aromatic heterocycles. The predicted octanol–water partition coefficient (Wildman–Crippen LogP) is 4.00. The van der Waals surface area contributed by atoms with Crippen molar-refractivity contribution in [2.24, 2.45) is 0 Å². The quantitative estimate of drug-likeness (QED) is 0.563. The van der Waals surface area contributed by atoms with Gasteiger partial charge < -0.3 is 9.80 Å². The zero-order valence-corrected chi connectivity index (χ0v) is 18.3. The molecule has 154 valence electrons. The van der Waals surface area contributed by atoms with E-state index >= 15 is 0 Å². The maximum atomic E-state index is 11.6. The number of hydrogen-bond donors (Lipinski definition) is 0. The van der Waals surface area contributed by atoms with Gasteiger partial charge >= 0.3 is 0 Å². The van der Waals surface area contributed by atoms with E-state index in [0.29, 0.717) is 10.9 Å². The zero-order valence-electron chi connectivity index (χ0n) is 17.5. The Morgan fingerprint density at radius 2 is 1.67 bits per heavy atom. The maximum Gasteiger partial charge on any atom is 0.175 e. The molecule has 0 N–H and O–H groups in total. The van der Waals surface area contributed by atoms with Crippen molar-refractivity contribution < 1.29 is 8.42 Å². The Morgan fingerprint density at radius 1 is 1.04 bits per heavy atom. The smallest absolute Gasteiger partial charge is 0.175 e. The van der Waals surface area contributed by atoms with Gasteiger partial charge in [-0.1, -0.05) is 31.9 Å². The highest BCUT2D eigenvalue weighted by molar-refractivity contribution is 7.90. The summed E-state index contributed by atoms with van der Waals surface area (Å²) in [6, 6.07) is 7.85. The summed E-state index contributed by atoms with van der Waals surface area (Å²) in [5.74, 6) is 0. The van der Waals surface area contributed by atoms with Crippen LogP contribution in [0.25, 0.3) is 0 Å². The maximum absolute atomic E-state index is 11.6. The molecule has 1 heterocycles. The van der Waals surface area contributed by atoms with Crippen LogP contribution < -0.4 is 0 Å². The molecule has 1 unspecified atom stereocenters. The van der Waals surface area contributed by atoms with Gasteiger partial charge in [-0.05, 0) is 89.4 Å². The number of hydrogen-bond acceptors (Lipinski definition) is 4. The molecule has 1 aliphatic heterocycles. The Labute approximate surface area is 166 Å². The molecule has 1 saturated heterocycles. The van der Waals surface area contributed by atoms with E-state index in [2.05, 4.69) is 23.6 Å². The van der Waals surface area contributed by atoms with Crippen molar-refractivity contribution in [1.29, 1.82) is 0 Å². The van der Waals surface area contributed by atoms with Crippen LogP contribution in [0.1, 0.15) is 57.9 Å². The molecule has 27 heavy (non-hydrogen) atoms. The van der Waals surface area contributed by atoms with Crippen molar-refractivity contribution in [3.8, 4) is 0 Å². The highest BCUT2D eigenvalue weighted by Gasteiger charge is 2.14. The third-order valence-corrected chi connectivity index (χ3v) is 6.91. The van der Waals surface area contributed by atoms with E-state index in [4.69, 9.17) is 0 Å². The number of unbranched alkanes of at least 4 members (excludes halogenated alkanes) is 1. The number of sulfone groups is 1. The summed E-state index contributed by atoms with van der Waals surface area (Å²) in [5.41, 5.74) is 1.21. The Hall–Kier alpha value is -0.910. The average Bonchev–Trinajstić information content (AvgIpc) is 2.90. The van der Waals surface area contributed by atoms with E-state index in [1.807, 2.05) is 12.1 Å². The summed E-state index contributed by atoms with van der Waals surface area (Å²) in [6.07, 6.45) is 10.3. The van der Waals surface area contributed by atoms with Gasteiger partial charge in [0.1, 0.15) is 0 Å². The second kappa shape index (κ2) is 11.2. The van der Waals surface area contributed by atoms with Crippen molar-refractivity contribution in [3.05, 3.63) is 29.8 Å². The van der Waals surface area contributed by atoms with E-state index < -0.39 is 9.84 Å². The molecule has 5 heteroatoms. The zero-order chi connectivity index (χ0) is 19.7. The Kier molecular flexibility index (Phi) is 9.27. The lowest BCUT2D eigenvalue weighted by Gasteiger charge is -2.28. The van der Waals surface area contributed by atoms with Crippen LogP contribution in [0.2, 0.25) is 0 Å². The minimum atomic E-state index is -3.11. The van der Waals surface area contributed by atoms with Gasteiger partial charge in [-0.25, -0.2) is 8.42 Å². The fourth-order valence-electron chi connectivity index (χ4n) is 4.04. The lowest BCUT2D eigenvalue weighted by Crippen LogP contribution is -2.35. The molecule has 1 aromatic carbocycles. The minimum absolute atomic E-state index is 0.403. The average molecular weight is 395 g/mol. The molecule has 1 fully saturated rings. The van der Waals surface area contributed by atoms with Crippen molar-refractivity contribution in [2.75, 3.05) is 39.0 Å². The molecule has 0 spiro atoms. The molecular weight excluding hydrogens is 356 g/mol. The van der Waals surface area contributed by atoms with E-state index in [1.54, 1.807) is 12.1 Å². The number of rotatable bonds is 10. The van der Waals surface area contributed by atoms with Crippen LogP contribution in [0.15, 0.2) is 29.2 Å². The van der Waals surface area contributed by atoms with E-state index in [9.17, 15) is 8.42 Å². The van der Waals surface area contributed by atoms with Crippen LogP contribution in [-0.2, 0) is 16.3 Å². The normalized spacial score (nSPS) is 17.8. The van der Waals surface area contributed by atoms with Crippen LogP contribution in [0, 0.1) is 0 Å². The minimum Gasteiger partial charge on any atom is -0.303 e. The first kappa shape index (κ1) is 22.4. The fourth-order valence-corrected chi connectivity index (χ4v) is 4.67. The number of likely N-dealkylation sites (tertiary alicyclic amines) is 1. The van der Waals surface area contributed by atoms with Gasteiger partial charge in [-0.2, -0.15) is 0 Å². The molecular formula is C22H38N2O2S. The van der Waals surface area contributed by atoms with Gasteiger partial charge in [0.2, 0.25) is 0 Å². The molecule has 1 aromatic rings. The SMILES string of the molecule is CCN(CCCCN1CCCCCC1)C(C)Cc1ccc(S(C)(=O)=O)cc1. The Morgan fingerprint density at radius 3 is 2.22 bits per heavy atom. The van der Waals surface area contributed by atoms with Crippen LogP contribution in [0.4, 0.5) is 0 Å². The number of likely N-dealkylation sites (N-methyl/N-ethyl adjacent to an activating group) is 1. The monoisotopic (exact) mass is 394 g/mol. The van der Waals surface area contributed by atoms with E-state index in [1.165, 1.54) is 70.0 Å². The molecule has 0 radical (unpaired) electrons. The highest BCUT2D eigenvalue weighted by atomic mass is 32.2. The van der Waals surface area contributed by atoms with Gasteiger partial charge in [0.15, 0.2) is 9.84 Å². The molecule has 2 rings (SSSR count). The molecule has 0 aliphatic carbocycles. The van der Waals surface area contributed by atoms with Gasteiger partial charge in [0, 0.05) is 12.3 Å². The fraction of sp³-hybridized carbons (Fsp3) is 0.727. The summed E-state index contributed by atoms with van der Waals surface area (Å²) < 4.78 is 23.2. The van der Waals surface area contributed by atoms with Crippen molar-refractivity contribution in [1.82, 2.24) is 9.80 Å². The topological polar surface area (TPSA) is 40.6 Å². The second-order valence-electron chi connectivity index (χ2n) is 8.06. The molecule has 0 bridgehead atoms. The summed E-state index contributed by atoms with van der Waals surface area (Å²) >= 11 is 0.